The molecule has 2 atom stereocenters. The molecule has 0 aromatic rings. The number of likely N-dealkylation sites (N-methyl/N-ethyl adjacent to an activating group) is 1. The molecule has 0 aliphatic carbocycles. The normalized spacial score (nSPS) is 14.1. The van der Waals surface area contributed by atoms with Crippen molar-refractivity contribution < 1.29 is 42.1 Å². The number of hydrogen-bond acceptors (Lipinski definition) is 7. The summed E-state index contributed by atoms with van der Waals surface area (Å²) < 4.78 is 34.2. The van der Waals surface area contributed by atoms with E-state index in [-0.39, 0.29) is 32.0 Å². The lowest BCUT2D eigenvalue weighted by atomic mass is 10.1. The van der Waals surface area contributed by atoms with Gasteiger partial charge in [0.2, 0.25) is 0 Å². The van der Waals surface area contributed by atoms with Gasteiger partial charge in [-0.15, -0.1) is 0 Å². The molecule has 54 heavy (non-hydrogen) atoms. The highest BCUT2D eigenvalue weighted by Gasteiger charge is 2.27. The molecule has 0 saturated carbocycles. The van der Waals surface area contributed by atoms with E-state index in [0.29, 0.717) is 17.4 Å². The van der Waals surface area contributed by atoms with Gasteiger partial charge in [0.25, 0.3) is 0 Å². The Hall–Kier alpha value is -2.03. The first-order valence-electron chi connectivity index (χ1n) is 21.4. The summed E-state index contributed by atoms with van der Waals surface area (Å²) in [5, 5.41) is 0. The van der Waals surface area contributed by atoms with Gasteiger partial charge in [0.15, 0.2) is 6.10 Å². The molecule has 0 amide bonds. The zero-order chi connectivity index (χ0) is 40.0. The minimum absolute atomic E-state index is 0.0249. The van der Waals surface area contributed by atoms with Crippen LogP contribution in [0.25, 0.3) is 0 Å². The molecule has 0 aliphatic heterocycles. The van der Waals surface area contributed by atoms with Crippen LogP contribution in [-0.4, -0.2) is 74.9 Å². The van der Waals surface area contributed by atoms with Gasteiger partial charge in [-0.1, -0.05) is 127 Å². The third kappa shape index (κ3) is 39.7. The first-order chi connectivity index (χ1) is 26.0. The van der Waals surface area contributed by atoms with E-state index in [9.17, 15) is 19.0 Å². The molecule has 0 rings (SSSR count). The quantitative estimate of drug-likeness (QED) is 0.0217. The summed E-state index contributed by atoms with van der Waals surface area (Å²) in [6.45, 7) is 4.32. The van der Waals surface area contributed by atoms with Crippen LogP contribution in [0, 0.1) is 0 Å². The Kier molecular flexibility index (Phi) is 35.2. The van der Waals surface area contributed by atoms with Gasteiger partial charge in [-0.3, -0.25) is 18.6 Å². The van der Waals surface area contributed by atoms with Crippen LogP contribution < -0.4 is 0 Å². The minimum Gasteiger partial charge on any atom is -0.462 e. The van der Waals surface area contributed by atoms with Crippen LogP contribution in [0.1, 0.15) is 168 Å². The van der Waals surface area contributed by atoms with Crippen molar-refractivity contribution in [3.05, 3.63) is 48.6 Å². The van der Waals surface area contributed by atoms with Gasteiger partial charge in [-0.25, -0.2) is 4.57 Å². The Balaban J connectivity index is 4.44. The number of hydrogen-bond donors (Lipinski definition) is 1. The second kappa shape index (κ2) is 36.6. The summed E-state index contributed by atoms with van der Waals surface area (Å²) in [7, 11) is 1.45. The molecule has 0 saturated heterocycles. The largest absolute Gasteiger partial charge is 0.472 e. The summed E-state index contributed by atoms with van der Waals surface area (Å²) in [4.78, 5) is 35.3. The molecular weight excluding hydrogens is 701 g/mol. The number of phosphoric acid groups is 1. The predicted molar refractivity (Wildman–Crippen MR) is 224 cm³/mol. The molecule has 0 aromatic heterocycles. The molecular formula is C44H81NO8P+. The number of carbonyl (C=O) groups is 2. The SMILES string of the molecule is CCCCC/C=C\C/C=C\CCCCCCCC(=O)OC[C@H](COP(=O)(O)OCC[N+](C)(C)C)OC(=O)CCCCCCC/C=C/C/C=C\CCCCC. The highest BCUT2D eigenvalue weighted by Crippen LogP contribution is 2.43. The van der Waals surface area contributed by atoms with Crippen LogP contribution in [-0.2, 0) is 32.7 Å². The Morgan fingerprint density at radius 3 is 1.46 bits per heavy atom. The number of ether oxygens (including phenoxy) is 2. The lowest BCUT2D eigenvalue weighted by Crippen LogP contribution is -2.37. The van der Waals surface area contributed by atoms with E-state index in [2.05, 4.69) is 62.5 Å². The third-order valence-corrected chi connectivity index (χ3v) is 9.82. The molecule has 0 fully saturated rings. The molecule has 0 spiro atoms. The second-order valence-corrected chi connectivity index (χ2v) is 16.8. The van der Waals surface area contributed by atoms with Crippen LogP contribution >= 0.6 is 7.82 Å². The first-order valence-corrected chi connectivity index (χ1v) is 22.9. The van der Waals surface area contributed by atoms with Crippen molar-refractivity contribution in [2.24, 2.45) is 0 Å². The van der Waals surface area contributed by atoms with Gasteiger partial charge in [0.05, 0.1) is 27.7 Å². The van der Waals surface area contributed by atoms with E-state index >= 15 is 0 Å². The fourth-order valence-corrected chi connectivity index (χ4v) is 6.17. The summed E-state index contributed by atoms with van der Waals surface area (Å²) in [6, 6.07) is 0. The van der Waals surface area contributed by atoms with Gasteiger partial charge in [0.1, 0.15) is 19.8 Å². The van der Waals surface area contributed by atoms with Gasteiger partial charge >= 0.3 is 19.8 Å². The number of unbranched alkanes of at least 4 members (excludes halogenated alkanes) is 16. The zero-order valence-corrected chi connectivity index (χ0v) is 36.1. The highest BCUT2D eigenvalue weighted by molar-refractivity contribution is 7.47. The first kappa shape index (κ1) is 52.0. The number of esters is 2. The van der Waals surface area contributed by atoms with Crippen LogP contribution in [0.2, 0.25) is 0 Å². The summed E-state index contributed by atoms with van der Waals surface area (Å²) in [5.41, 5.74) is 0. The van der Waals surface area contributed by atoms with Crippen molar-refractivity contribution in [2.75, 3.05) is 47.5 Å². The Bertz CT molecular complexity index is 1070. The maximum atomic E-state index is 12.7. The third-order valence-electron chi connectivity index (χ3n) is 8.83. The van der Waals surface area contributed by atoms with Crippen LogP contribution in [0.3, 0.4) is 0 Å². The summed E-state index contributed by atoms with van der Waals surface area (Å²) in [6.07, 6.45) is 41.5. The van der Waals surface area contributed by atoms with Gasteiger partial charge in [-0.2, -0.15) is 0 Å². The van der Waals surface area contributed by atoms with Crippen molar-refractivity contribution in [2.45, 2.75) is 174 Å². The smallest absolute Gasteiger partial charge is 0.462 e. The standard InChI is InChI=1S/C44H80NO8P/c1-6-8-10-12-14-16-18-20-22-24-26-28-30-32-34-36-43(46)50-40-42(41-52-54(48,49)51-39-38-45(3,4)5)53-44(47)37-35-33-31-29-27-25-23-21-19-17-15-13-11-9-7-2/h14-17,20-23,42H,6-13,18-19,24-41H2,1-5H3/p+1/b16-14-,17-15-,22-20-,23-21+/t42-/m1/s1. The van der Waals surface area contributed by atoms with E-state index < -0.39 is 26.5 Å². The number of rotatable bonds is 38. The van der Waals surface area contributed by atoms with E-state index in [1.807, 2.05) is 21.1 Å². The number of phosphoric ester groups is 1. The summed E-state index contributed by atoms with van der Waals surface area (Å²) >= 11 is 0. The topological polar surface area (TPSA) is 108 Å². The number of allylic oxidation sites excluding steroid dienone is 8. The molecule has 1 N–H and O–H groups in total. The number of nitrogens with zero attached hydrogens (tertiary/aromatic N) is 1. The van der Waals surface area contributed by atoms with E-state index in [0.717, 1.165) is 83.5 Å². The molecule has 314 valence electrons. The predicted octanol–water partition coefficient (Wildman–Crippen LogP) is 11.9. The average Bonchev–Trinajstić information content (AvgIpc) is 3.12. The molecule has 10 heteroatoms. The van der Waals surface area contributed by atoms with Gasteiger partial charge in [0, 0.05) is 12.8 Å². The lowest BCUT2D eigenvalue weighted by molar-refractivity contribution is -0.870. The Morgan fingerprint density at radius 2 is 1.00 bits per heavy atom. The maximum Gasteiger partial charge on any atom is 0.472 e. The minimum atomic E-state index is -4.38. The van der Waals surface area contributed by atoms with E-state index in [1.54, 1.807) is 0 Å². The molecule has 1 unspecified atom stereocenters. The van der Waals surface area contributed by atoms with Crippen LogP contribution in [0.5, 0.6) is 0 Å². The molecule has 0 bridgehead atoms. The van der Waals surface area contributed by atoms with Crippen LogP contribution in [0.4, 0.5) is 0 Å². The van der Waals surface area contributed by atoms with Gasteiger partial charge in [-0.05, 0) is 77.0 Å². The Morgan fingerprint density at radius 1 is 0.574 bits per heavy atom. The molecule has 0 heterocycles. The summed E-state index contributed by atoms with van der Waals surface area (Å²) in [5.74, 6) is -0.834. The van der Waals surface area contributed by atoms with E-state index in [4.69, 9.17) is 18.5 Å². The second-order valence-electron chi connectivity index (χ2n) is 15.4. The Labute approximate surface area is 331 Å². The van der Waals surface area contributed by atoms with Crippen molar-refractivity contribution in [3.63, 3.8) is 0 Å². The lowest BCUT2D eigenvalue weighted by Gasteiger charge is -2.24. The van der Waals surface area contributed by atoms with Crippen molar-refractivity contribution in [1.29, 1.82) is 0 Å². The molecule has 0 aromatic carbocycles. The van der Waals surface area contributed by atoms with Crippen molar-refractivity contribution in [3.8, 4) is 0 Å². The fourth-order valence-electron chi connectivity index (χ4n) is 5.43. The van der Waals surface area contributed by atoms with Crippen molar-refractivity contribution in [1.82, 2.24) is 0 Å². The van der Waals surface area contributed by atoms with Crippen LogP contribution in [0.15, 0.2) is 48.6 Å². The monoisotopic (exact) mass is 783 g/mol. The molecule has 0 radical (unpaired) electrons. The highest BCUT2D eigenvalue weighted by atomic mass is 31.2. The number of carbonyl (C=O) groups excluding carboxylic acids is 2. The maximum absolute atomic E-state index is 12.7. The molecule has 9 nitrogen and oxygen atoms in total. The average molecular weight is 783 g/mol. The van der Waals surface area contributed by atoms with Gasteiger partial charge < -0.3 is 18.9 Å². The van der Waals surface area contributed by atoms with E-state index in [1.165, 1.54) is 51.4 Å². The number of quaternary nitrogens is 1. The zero-order valence-electron chi connectivity index (χ0n) is 35.2. The molecule has 0 aliphatic rings. The van der Waals surface area contributed by atoms with Crippen molar-refractivity contribution >= 4 is 19.8 Å². The fraction of sp³-hybridized carbons (Fsp3) is 0.773.